The Labute approximate surface area is 431 Å². The molecular weight excluding hydrogens is 969 g/mol. The van der Waals surface area contributed by atoms with Gasteiger partial charge in [-0.3, -0.25) is 48.6 Å². The zero-order chi connectivity index (χ0) is 55.6. The third-order valence-electron chi connectivity index (χ3n) is 11.4. The Balaban J connectivity index is 3.27. The summed E-state index contributed by atoms with van der Waals surface area (Å²) in [6.45, 7) is 1.59. The molecule has 1 aliphatic heterocycles. The number of nitrogens with zero attached hydrogens (tertiary/aromatic N) is 2. The summed E-state index contributed by atoms with van der Waals surface area (Å²) < 4.78 is 0. The Bertz CT molecular complexity index is 1910. The lowest BCUT2D eigenvalue weighted by atomic mass is 10.1. The topological polar surface area (TPSA) is 512 Å². The van der Waals surface area contributed by atoms with Crippen LogP contribution in [0.2, 0.25) is 0 Å². The summed E-state index contributed by atoms with van der Waals surface area (Å²) in [6.07, 6.45) is 2.42. The second-order valence-electron chi connectivity index (χ2n) is 17.6. The first-order valence-electron chi connectivity index (χ1n) is 25.1. The molecule has 29 nitrogen and oxygen atoms in total. The van der Waals surface area contributed by atoms with E-state index in [1.807, 2.05) is 0 Å². The van der Waals surface area contributed by atoms with Gasteiger partial charge < -0.3 is 97.8 Å². The van der Waals surface area contributed by atoms with E-state index < -0.39 is 115 Å². The highest BCUT2D eigenvalue weighted by Crippen LogP contribution is 2.19. The molecule has 0 unspecified atom stereocenters. The molecule has 7 atom stereocenters. The van der Waals surface area contributed by atoms with Crippen molar-refractivity contribution in [2.75, 3.05) is 65.4 Å². The second-order valence-corrected chi connectivity index (χ2v) is 17.6. The number of guanidine groups is 1. The molecule has 0 aromatic heterocycles. The van der Waals surface area contributed by atoms with Gasteiger partial charge in [-0.05, 0) is 117 Å². The van der Waals surface area contributed by atoms with Crippen molar-refractivity contribution in [2.45, 2.75) is 139 Å². The van der Waals surface area contributed by atoms with Crippen LogP contribution in [-0.4, -0.2) is 188 Å². The third kappa shape index (κ3) is 25.6. The quantitative estimate of drug-likeness (QED) is 0.0119. The highest BCUT2D eigenvalue weighted by Gasteiger charge is 2.38. The summed E-state index contributed by atoms with van der Waals surface area (Å²) in [5, 5.41) is 47.8. The van der Waals surface area contributed by atoms with Crippen molar-refractivity contribution in [3.63, 3.8) is 0 Å². The highest BCUT2D eigenvalue weighted by atomic mass is 16.3. The monoisotopic (exact) mass is 1050 g/mol. The number of aliphatic hydroxyl groups excluding tert-OH is 2. The molecule has 1 fully saturated rings. The molecule has 0 bridgehead atoms. The minimum Gasteiger partial charge on any atom is -0.391 e. The minimum atomic E-state index is -1.62. The van der Waals surface area contributed by atoms with Crippen LogP contribution in [0.3, 0.4) is 0 Å². The maximum Gasteiger partial charge on any atom is 0.269 e. The molecule has 0 saturated carbocycles. The molecule has 1 rings (SSSR count). The normalized spacial score (nSPS) is 16.1. The molecular formula is C45H84N18O11. The fraction of sp³-hybridized carbons (Fsp3) is 0.711. The van der Waals surface area contributed by atoms with Crippen LogP contribution in [0.5, 0.6) is 0 Å². The highest BCUT2D eigenvalue weighted by molar-refractivity contribution is 6.40. The van der Waals surface area contributed by atoms with Gasteiger partial charge in [0.15, 0.2) is 5.96 Å². The maximum absolute atomic E-state index is 14.0. The number of aliphatic imine (C=N–C) groups is 1. The molecule has 0 aromatic carbocycles. The molecule has 0 radical (unpaired) electrons. The average Bonchev–Trinajstić information content (AvgIpc) is 3.87. The first kappa shape index (κ1) is 65.8. The number of carbonyl (C=O) groups excluding carboxylic acids is 9. The zero-order valence-electron chi connectivity index (χ0n) is 42.6. The summed E-state index contributed by atoms with van der Waals surface area (Å²) in [4.78, 5) is 126. The second kappa shape index (κ2) is 37.5. The molecule has 0 spiro atoms. The Morgan fingerprint density at radius 1 is 0.716 bits per heavy atom. The van der Waals surface area contributed by atoms with E-state index >= 15 is 0 Å². The van der Waals surface area contributed by atoms with Gasteiger partial charge in [-0.25, -0.2) is 4.99 Å². The van der Waals surface area contributed by atoms with E-state index in [0.29, 0.717) is 64.6 Å². The van der Waals surface area contributed by atoms with E-state index in [-0.39, 0.29) is 88.6 Å². The molecule has 9 amide bonds. The van der Waals surface area contributed by atoms with Crippen LogP contribution in [-0.2, 0) is 43.2 Å². The number of carbonyl (C=O) groups is 9. The smallest absolute Gasteiger partial charge is 0.269 e. The maximum atomic E-state index is 14.0. The van der Waals surface area contributed by atoms with Crippen LogP contribution >= 0.6 is 0 Å². The third-order valence-corrected chi connectivity index (χ3v) is 11.4. The lowest BCUT2D eigenvalue weighted by Crippen LogP contribution is -2.56. The van der Waals surface area contributed by atoms with Crippen molar-refractivity contribution >= 4 is 64.8 Å². The van der Waals surface area contributed by atoms with Gasteiger partial charge in [-0.1, -0.05) is 6.08 Å². The van der Waals surface area contributed by atoms with Gasteiger partial charge in [0.05, 0.1) is 25.2 Å². The largest absolute Gasteiger partial charge is 0.391 e. The number of hydrogen-bond acceptors (Lipinski definition) is 18. The first-order valence-corrected chi connectivity index (χ1v) is 25.1. The van der Waals surface area contributed by atoms with Gasteiger partial charge >= 0.3 is 0 Å². The Kier molecular flexibility index (Phi) is 33.4. The molecule has 0 aromatic rings. The number of aliphatic hydroxyl groups is 2. The fourth-order valence-corrected chi connectivity index (χ4v) is 7.27. The molecule has 25 N–H and O–H groups in total. The Hall–Kier alpha value is -6.21. The summed E-state index contributed by atoms with van der Waals surface area (Å²) in [5.74, 6) is -7.49. The van der Waals surface area contributed by atoms with E-state index in [4.69, 9.17) is 45.5 Å². The Morgan fingerprint density at radius 3 is 1.93 bits per heavy atom. The first-order chi connectivity index (χ1) is 35.3. The number of rotatable bonds is 37. The number of likely N-dealkylation sites (tertiary alicyclic amines) is 1. The van der Waals surface area contributed by atoms with Gasteiger partial charge in [0.2, 0.25) is 35.4 Å². The van der Waals surface area contributed by atoms with Crippen molar-refractivity contribution in [1.29, 1.82) is 5.41 Å². The van der Waals surface area contributed by atoms with Crippen LogP contribution in [0.15, 0.2) is 16.8 Å². The molecule has 0 aliphatic carbocycles. The van der Waals surface area contributed by atoms with Crippen molar-refractivity contribution in [3.8, 4) is 0 Å². The average molecular weight is 1050 g/mol. The van der Waals surface area contributed by atoms with Gasteiger partial charge in [0.1, 0.15) is 41.6 Å². The number of amides is 9. The van der Waals surface area contributed by atoms with E-state index in [0.717, 1.165) is 0 Å². The zero-order valence-corrected chi connectivity index (χ0v) is 42.6. The van der Waals surface area contributed by atoms with E-state index in [1.54, 1.807) is 0 Å². The van der Waals surface area contributed by atoms with Crippen molar-refractivity contribution < 1.29 is 53.4 Å². The van der Waals surface area contributed by atoms with Gasteiger partial charge in [-0.15, -0.1) is 0 Å². The van der Waals surface area contributed by atoms with E-state index in [9.17, 15) is 53.4 Å². The molecule has 29 heteroatoms. The van der Waals surface area contributed by atoms with Crippen LogP contribution in [0.1, 0.15) is 96.8 Å². The van der Waals surface area contributed by atoms with Crippen molar-refractivity contribution in [1.82, 2.24) is 47.4 Å². The summed E-state index contributed by atoms with van der Waals surface area (Å²) >= 11 is 0. The number of hydrogen-bond donors (Lipinski definition) is 18. The molecule has 420 valence electrons. The number of nitrogens with two attached hydrogens (primary N) is 7. The van der Waals surface area contributed by atoms with Gasteiger partial charge in [0.25, 0.3) is 17.7 Å². The SMILES string of the molecule is C[C@H](NC(=O)[C@@H]1CCCN1C(=O)/C(CCCN)=N/C(=O)CNC(=O)[C@@H](NC(=O)C[C@@H](O)CN)[C@@H](O)CN)C(=O)N[C@@H](CCCCN)C(=O)N/C(=C\CCNC(=N)N)C(=O)N[C@@H](CCCCN)C(=O)NCCCCN. The predicted octanol–water partition coefficient (Wildman–Crippen LogP) is -7.23. The van der Waals surface area contributed by atoms with E-state index in [2.05, 4.69) is 47.5 Å². The van der Waals surface area contributed by atoms with Crippen molar-refractivity contribution in [2.24, 2.45) is 45.1 Å². The standard InChI is InChI=1S/C45H84N18O11/c1-27(57-42(72)33-15-10-22-63(33)44(74)32(13-8-19-49)58-36(67)26-56-43(73)37(34(65)25-51)62-35(66)23-28(64)24-50)38(68)59-30(12-3-5-17-47)40(70)61-31(14-9-21-55-45(52)53)41(71)60-29(11-2-4-16-46)39(69)54-20-7-6-18-48/h14,27-30,33-34,37,64-65H,2-13,15-26,46-51H2,1H3,(H,54,69)(H,56,73)(H,57,72)(H,59,68)(H,60,71)(H,61,70)(H,62,66)(H4,52,53,55)/b31-14-,58-32+/t27-,28+,29-,30-,33-,34-,37-/m0/s1. The van der Waals surface area contributed by atoms with Crippen LogP contribution < -0.4 is 82.7 Å². The predicted molar refractivity (Wildman–Crippen MR) is 274 cm³/mol. The molecule has 1 saturated heterocycles. The van der Waals surface area contributed by atoms with Crippen LogP contribution in [0.4, 0.5) is 0 Å². The molecule has 1 heterocycles. The minimum absolute atomic E-state index is 0.0639. The van der Waals surface area contributed by atoms with Gasteiger partial charge in [0, 0.05) is 32.7 Å². The van der Waals surface area contributed by atoms with E-state index in [1.165, 1.54) is 17.9 Å². The lowest BCUT2D eigenvalue weighted by Gasteiger charge is -2.27. The summed E-state index contributed by atoms with van der Waals surface area (Å²) in [6, 6.07) is -6.25. The van der Waals surface area contributed by atoms with Crippen LogP contribution in [0.25, 0.3) is 0 Å². The molecule has 1 aliphatic rings. The summed E-state index contributed by atoms with van der Waals surface area (Å²) in [7, 11) is 0. The van der Waals surface area contributed by atoms with Gasteiger partial charge in [-0.2, -0.15) is 0 Å². The summed E-state index contributed by atoms with van der Waals surface area (Å²) in [5.41, 5.74) is 38.4. The number of unbranched alkanes of at least 4 members (excludes halogenated alkanes) is 3. The lowest BCUT2D eigenvalue weighted by molar-refractivity contribution is -0.136. The number of nitrogens with one attached hydrogen (secondary N) is 9. The van der Waals surface area contributed by atoms with Crippen molar-refractivity contribution in [3.05, 3.63) is 11.8 Å². The van der Waals surface area contributed by atoms with Crippen LogP contribution in [0, 0.1) is 5.41 Å². The fourth-order valence-electron chi connectivity index (χ4n) is 7.27. The molecule has 74 heavy (non-hydrogen) atoms. The Morgan fingerprint density at radius 2 is 1.34 bits per heavy atom.